The van der Waals surface area contributed by atoms with Crippen LogP contribution in [-0.2, 0) is 9.47 Å². The number of nitrogens with zero attached hydrogens (tertiary/aromatic N) is 5. The zero-order valence-electron chi connectivity index (χ0n) is 28.1. The Kier molecular flexibility index (Phi) is 10.9. The lowest BCUT2D eigenvalue weighted by Gasteiger charge is -2.29. The monoisotopic (exact) mass is 644 g/mol. The summed E-state index contributed by atoms with van der Waals surface area (Å²) < 4.78 is 14.6. The van der Waals surface area contributed by atoms with E-state index in [0.717, 1.165) is 90.5 Å². The SMILES string of the molecule is C[Si](C)(C)CCOCN(COCC[Si](C)(C)C)c1cc([C@H]2CC[C@@H](N)CC2)nc2c(-c3ccc(-c4ccccc4)nc3)cnn12. The number of nitrogens with two attached hydrogens (primary N) is 1. The number of fused-ring (bicyclic) bond motifs is 1. The Bertz CT molecular complexity index is 1490. The van der Waals surface area contributed by atoms with Crippen LogP contribution in [0.5, 0.6) is 0 Å². The maximum atomic E-state index is 6.32. The van der Waals surface area contributed by atoms with Gasteiger partial charge in [0.2, 0.25) is 0 Å². The highest BCUT2D eigenvalue weighted by Gasteiger charge is 2.25. The summed E-state index contributed by atoms with van der Waals surface area (Å²) in [4.78, 5) is 12.3. The van der Waals surface area contributed by atoms with Crippen molar-refractivity contribution in [1.29, 1.82) is 0 Å². The zero-order valence-corrected chi connectivity index (χ0v) is 30.1. The van der Waals surface area contributed by atoms with E-state index in [0.29, 0.717) is 19.4 Å². The number of rotatable bonds is 14. The topological polar surface area (TPSA) is 90.8 Å². The van der Waals surface area contributed by atoms with E-state index in [2.05, 4.69) is 74.5 Å². The van der Waals surface area contributed by atoms with Gasteiger partial charge in [0.05, 0.1) is 11.9 Å². The number of aromatic nitrogens is 4. The van der Waals surface area contributed by atoms with Crippen LogP contribution in [0, 0.1) is 0 Å². The average Bonchev–Trinajstić information content (AvgIpc) is 3.44. The maximum absolute atomic E-state index is 6.32. The van der Waals surface area contributed by atoms with Crippen LogP contribution in [0.4, 0.5) is 5.82 Å². The Morgan fingerprint density at radius 1 is 0.822 bits per heavy atom. The first kappa shape index (κ1) is 33.5. The van der Waals surface area contributed by atoms with E-state index in [1.807, 2.05) is 35.1 Å². The quantitative estimate of drug-likeness (QED) is 0.0849. The lowest BCUT2D eigenvalue weighted by Crippen LogP contribution is -2.33. The van der Waals surface area contributed by atoms with Crippen LogP contribution in [0.3, 0.4) is 0 Å². The molecule has 5 rings (SSSR count). The molecule has 4 aromatic rings. The number of anilines is 1. The lowest BCUT2D eigenvalue weighted by molar-refractivity contribution is 0.0942. The van der Waals surface area contributed by atoms with Gasteiger partial charge in [-0.05, 0) is 43.8 Å². The highest BCUT2D eigenvalue weighted by Crippen LogP contribution is 2.35. The Balaban J connectivity index is 1.50. The van der Waals surface area contributed by atoms with Gasteiger partial charge in [-0.15, -0.1) is 0 Å². The molecule has 45 heavy (non-hydrogen) atoms. The molecule has 0 atom stereocenters. The van der Waals surface area contributed by atoms with Gasteiger partial charge >= 0.3 is 0 Å². The number of hydrogen-bond donors (Lipinski definition) is 1. The van der Waals surface area contributed by atoms with Crippen LogP contribution in [0.1, 0.15) is 37.3 Å². The first-order valence-electron chi connectivity index (χ1n) is 16.5. The molecule has 0 unspecified atom stereocenters. The van der Waals surface area contributed by atoms with Gasteiger partial charge in [-0.2, -0.15) is 9.61 Å². The number of hydrogen-bond acceptors (Lipinski definition) is 7. The molecule has 1 aliphatic carbocycles. The molecule has 0 amide bonds. The van der Waals surface area contributed by atoms with Gasteiger partial charge in [-0.3, -0.25) is 4.98 Å². The Labute approximate surface area is 271 Å². The highest BCUT2D eigenvalue weighted by molar-refractivity contribution is 6.76. The zero-order chi connectivity index (χ0) is 32.0. The van der Waals surface area contributed by atoms with Gasteiger partial charge in [-0.1, -0.05) is 75.7 Å². The molecule has 242 valence electrons. The summed E-state index contributed by atoms with van der Waals surface area (Å²) in [7, 11) is -2.43. The Morgan fingerprint density at radius 2 is 1.47 bits per heavy atom. The number of benzene rings is 1. The lowest BCUT2D eigenvalue weighted by atomic mass is 9.84. The standard InChI is InChI=1S/C35H52N6O2Si2/c1-44(2,3)20-18-42-25-40(26-43-19-21-45(4,5)6)34-22-33(28-12-15-30(36)16-13-28)39-35-31(24-38-41(34)35)29-14-17-32(37-23-29)27-10-8-7-9-11-27/h7-11,14,17,22-24,28,30H,12-13,15-16,18-21,25-26,36H2,1-6H3/t28-,30+. The molecule has 1 aliphatic rings. The van der Waals surface area contributed by atoms with Gasteiger partial charge in [0.25, 0.3) is 0 Å². The van der Waals surface area contributed by atoms with Crippen molar-refractivity contribution >= 4 is 27.6 Å². The van der Waals surface area contributed by atoms with Gasteiger partial charge in [0.15, 0.2) is 5.65 Å². The summed E-state index contributed by atoms with van der Waals surface area (Å²) in [6, 6.07) is 19.2. The van der Waals surface area contributed by atoms with Crippen molar-refractivity contribution in [3.05, 3.63) is 66.6 Å². The highest BCUT2D eigenvalue weighted by atomic mass is 28.3. The molecule has 1 aromatic carbocycles. The molecule has 2 N–H and O–H groups in total. The molecule has 0 aliphatic heterocycles. The minimum absolute atomic E-state index is 0.278. The summed E-state index contributed by atoms with van der Waals surface area (Å²) >= 11 is 0. The molecule has 10 heteroatoms. The van der Waals surface area contributed by atoms with Crippen LogP contribution in [0.2, 0.25) is 51.4 Å². The minimum Gasteiger partial charge on any atom is -0.361 e. The molecule has 8 nitrogen and oxygen atoms in total. The van der Waals surface area contributed by atoms with Crippen molar-refractivity contribution in [3.8, 4) is 22.4 Å². The molecule has 0 radical (unpaired) electrons. The normalized spacial score (nSPS) is 17.6. The summed E-state index contributed by atoms with van der Waals surface area (Å²) in [6.45, 7) is 16.7. The van der Waals surface area contributed by atoms with Crippen molar-refractivity contribution in [2.75, 3.05) is 31.6 Å². The van der Waals surface area contributed by atoms with Crippen molar-refractivity contribution in [2.45, 2.75) is 89.0 Å². The van der Waals surface area contributed by atoms with Crippen LogP contribution >= 0.6 is 0 Å². The molecule has 3 heterocycles. The fourth-order valence-corrected chi connectivity index (χ4v) is 7.14. The second kappa shape index (κ2) is 14.7. The molecular formula is C35H52N6O2Si2. The average molecular weight is 645 g/mol. The largest absolute Gasteiger partial charge is 0.361 e. The van der Waals surface area contributed by atoms with Crippen molar-refractivity contribution < 1.29 is 9.47 Å². The van der Waals surface area contributed by atoms with E-state index in [9.17, 15) is 0 Å². The molecule has 0 spiro atoms. The third kappa shape index (κ3) is 9.32. The van der Waals surface area contributed by atoms with Crippen molar-refractivity contribution in [1.82, 2.24) is 19.6 Å². The fourth-order valence-electron chi connectivity index (χ4n) is 5.63. The molecule has 0 saturated heterocycles. The van der Waals surface area contributed by atoms with Crippen LogP contribution < -0.4 is 10.6 Å². The smallest absolute Gasteiger partial charge is 0.165 e. The Morgan fingerprint density at radius 3 is 2.04 bits per heavy atom. The van der Waals surface area contributed by atoms with E-state index in [1.165, 1.54) is 0 Å². The van der Waals surface area contributed by atoms with Crippen LogP contribution in [0.25, 0.3) is 28.0 Å². The first-order valence-corrected chi connectivity index (χ1v) is 23.9. The minimum atomic E-state index is -1.22. The molecule has 1 saturated carbocycles. The first-order chi connectivity index (χ1) is 21.5. The van der Waals surface area contributed by atoms with Crippen molar-refractivity contribution in [3.63, 3.8) is 0 Å². The number of pyridine rings is 1. The maximum Gasteiger partial charge on any atom is 0.165 e. The second-order valence-corrected chi connectivity index (χ2v) is 26.2. The summed E-state index contributed by atoms with van der Waals surface area (Å²) in [5, 5.41) is 4.90. The van der Waals surface area contributed by atoms with Gasteiger partial charge < -0.3 is 20.1 Å². The predicted molar refractivity (Wildman–Crippen MR) is 191 cm³/mol. The van der Waals surface area contributed by atoms with E-state index < -0.39 is 16.1 Å². The fraction of sp³-hybridized carbons (Fsp3) is 0.514. The molecular weight excluding hydrogens is 593 g/mol. The second-order valence-electron chi connectivity index (χ2n) is 15.0. The van der Waals surface area contributed by atoms with E-state index in [-0.39, 0.29) is 6.04 Å². The summed E-state index contributed by atoms with van der Waals surface area (Å²) in [6.07, 6.45) is 7.98. The van der Waals surface area contributed by atoms with E-state index >= 15 is 0 Å². The third-order valence-electron chi connectivity index (χ3n) is 8.62. The van der Waals surface area contributed by atoms with E-state index in [1.54, 1.807) is 0 Å². The molecule has 3 aromatic heterocycles. The Hall–Kier alpha value is -2.90. The predicted octanol–water partition coefficient (Wildman–Crippen LogP) is 7.87. The van der Waals surface area contributed by atoms with Gasteiger partial charge in [0.1, 0.15) is 19.3 Å². The summed E-state index contributed by atoms with van der Waals surface area (Å²) in [5.74, 6) is 1.31. The number of ether oxygens (including phenoxy) is 2. The summed E-state index contributed by atoms with van der Waals surface area (Å²) in [5.41, 5.74) is 12.2. The third-order valence-corrected chi connectivity index (χ3v) is 12.0. The molecule has 0 bridgehead atoms. The van der Waals surface area contributed by atoms with Crippen LogP contribution in [-0.4, -0.2) is 68.4 Å². The van der Waals surface area contributed by atoms with Crippen molar-refractivity contribution in [2.24, 2.45) is 5.73 Å². The van der Waals surface area contributed by atoms with Gasteiger partial charge in [-0.25, -0.2) is 4.98 Å². The van der Waals surface area contributed by atoms with Crippen LogP contribution in [0.15, 0.2) is 60.9 Å². The molecule has 1 fully saturated rings. The van der Waals surface area contributed by atoms with Gasteiger partial charge in [0, 0.05) is 76.0 Å². The van der Waals surface area contributed by atoms with E-state index in [4.69, 9.17) is 30.3 Å².